The summed E-state index contributed by atoms with van der Waals surface area (Å²) in [5.41, 5.74) is -1.07. The fourth-order valence-electron chi connectivity index (χ4n) is 4.99. The Morgan fingerprint density at radius 3 is 2.12 bits per heavy atom. The van der Waals surface area contributed by atoms with Crippen LogP contribution in [0, 0.1) is 17.8 Å². The third kappa shape index (κ3) is 3.50. The summed E-state index contributed by atoms with van der Waals surface area (Å²) >= 11 is 0. The molecule has 0 saturated heterocycles. The van der Waals surface area contributed by atoms with Gasteiger partial charge in [-0.25, -0.2) is 4.79 Å². The standard InChI is InChI=1S/C15H24F2O6SSi/c1-25(2,3)23-12-10-4-9-5-11(12)8-14(6-9,7-10)22-13(18)15(16,17)24(19,20)21/h9-12H,4-8H2,1-3H3,(H,19,20,21). The van der Waals surface area contributed by atoms with Gasteiger partial charge in [0, 0.05) is 0 Å². The summed E-state index contributed by atoms with van der Waals surface area (Å²) in [5.74, 6) is -1.65. The van der Waals surface area contributed by atoms with E-state index in [1.165, 1.54) is 0 Å². The maximum absolute atomic E-state index is 13.6. The van der Waals surface area contributed by atoms with Crippen molar-refractivity contribution in [2.45, 2.75) is 68.7 Å². The molecule has 4 rings (SSSR count). The average molecular weight is 399 g/mol. The van der Waals surface area contributed by atoms with Crippen LogP contribution < -0.4 is 0 Å². The van der Waals surface area contributed by atoms with E-state index in [2.05, 4.69) is 19.6 Å². The number of halogens is 2. The van der Waals surface area contributed by atoms with Crippen molar-refractivity contribution < 1.29 is 35.7 Å². The Labute approximate surface area is 147 Å². The number of ether oxygens (including phenoxy) is 1. The van der Waals surface area contributed by atoms with Gasteiger partial charge in [-0.1, -0.05) is 0 Å². The highest BCUT2D eigenvalue weighted by Crippen LogP contribution is 2.58. The first-order chi connectivity index (χ1) is 11.2. The monoisotopic (exact) mass is 398 g/mol. The van der Waals surface area contributed by atoms with Crippen molar-refractivity contribution in [2.24, 2.45) is 17.8 Å². The first kappa shape index (κ1) is 19.2. The van der Waals surface area contributed by atoms with E-state index in [0.717, 1.165) is 12.8 Å². The van der Waals surface area contributed by atoms with Crippen molar-refractivity contribution in [3.63, 3.8) is 0 Å². The summed E-state index contributed by atoms with van der Waals surface area (Å²) in [6.45, 7) is 6.29. The minimum absolute atomic E-state index is 0.0529. The maximum Gasteiger partial charge on any atom is 0.465 e. The Morgan fingerprint density at radius 1 is 1.16 bits per heavy atom. The summed E-state index contributed by atoms with van der Waals surface area (Å²) in [6, 6.07) is 0. The van der Waals surface area contributed by atoms with E-state index in [1.807, 2.05) is 0 Å². The van der Waals surface area contributed by atoms with Gasteiger partial charge in [-0.3, -0.25) is 4.55 Å². The summed E-state index contributed by atoms with van der Waals surface area (Å²) in [5, 5.41) is -4.94. The van der Waals surface area contributed by atoms with Crippen molar-refractivity contribution in [2.75, 3.05) is 0 Å². The van der Waals surface area contributed by atoms with Gasteiger partial charge in [0.15, 0.2) is 8.32 Å². The van der Waals surface area contributed by atoms with Crippen LogP contribution in [0.25, 0.3) is 0 Å². The van der Waals surface area contributed by atoms with Crippen LogP contribution in [0.2, 0.25) is 19.6 Å². The zero-order valence-corrected chi connectivity index (χ0v) is 16.3. The number of hydrogen-bond acceptors (Lipinski definition) is 5. The number of esters is 1. The molecule has 4 saturated carbocycles. The van der Waals surface area contributed by atoms with Gasteiger partial charge in [-0.05, 0) is 69.5 Å². The third-order valence-electron chi connectivity index (χ3n) is 5.49. The van der Waals surface area contributed by atoms with Crippen LogP contribution >= 0.6 is 0 Å². The van der Waals surface area contributed by atoms with E-state index in [0.29, 0.717) is 19.3 Å². The molecule has 0 spiro atoms. The van der Waals surface area contributed by atoms with E-state index >= 15 is 0 Å². The van der Waals surface area contributed by atoms with Gasteiger partial charge < -0.3 is 9.16 Å². The lowest BCUT2D eigenvalue weighted by Gasteiger charge is -2.59. The Hall–Kier alpha value is -0.583. The highest BCUT2D eigenvalue weighted by Gasteiger charge is 2.62. The van der Waals surface area contributed by atoms with Crippen molar-refractivity contribution in [3.05, 3.63) is 0 Å². The number of carbonyl (C=O) groups excluding carboxylic acids is 1. The molecule has 4 bridgehead atoms. The first-order valence-electron chi connectivity index (χ1n) is 8.49. The fraction of sp³-hybridized carbons (Fsp3) is 0.933. The highest BCUT2D eigenvalue weighted by molar-refractivity contribution is 7.87. The van der Waals surface area contributed by atoms with E-state index in [-0.39, 0.29) is 23.9 Å². The van der Waals surface area contributed by atoms with Gasteiger partial charge in [0.05, 0.1) is 6.10 Å². The molecule has 0 aromatic heterocycles. The van der Waals surface area contributed by atoms with Gasteiger partial charge in [0.2, 0.25) is 0 Å². The van der Waals surface area contributed by atoms with E-state index < -0.39 is 35.3 Å². The molecule has 0 aromatic carbocycles. The SMILES string of the molecule is C[Si](C)(C)OC1C2CC3CC1CC(OC(=O)C(F)(F)S(=O)(=O)O)(C3)C2. The second-order valence-electron chi connectivity index (χ2n) is 8.73. The molecule has 2 unspecified atom stereocenters. The Kier molecular flexibility index (Phi) is 4.38. The molecule has 25 heavy (non-hydrogen) atoms. The lowest BCUT2D eigenvalue weighted by molar-refractivity contribution is -0.215. The minimum atomic E-state index is -5.85. The van der Waals surface area contributed by atoms with Gasteiger partial charge in [0.1, 0.15) is 5.60 Å². The topological polar surface area (TPSA) is 89.9 Å². The third-order valence-corrected chi connectivity index (χ3v) is 7.28. The predicted molar refractivity (Wildman–Crippen MR) is 87.1 cm³/mol. The number of carbonyl (C=O) groups is 1. The largest absolute Gasteiger partial charge is 0.465 e. The molecule has 4 aliphatic rings. The molecule has 4 fully saturated rings. The summed E-state index contributed by atoms with van der Waals surface area (Å²) in [7, 11) is -7.62. The fourth-order valence-corrected chi connectivity index (χ4v) is 6.44. The van der Waals surface area contributed by atoms with Crippen molar-refractivity contribution in [1.82, 2.24) is 0 Å². The quantitative estimate of drug-likeness (QED) is 0.435. The zero-order chi connectivity index (χ0) is 18.8. The molecule has 6 nitrogen and oxygen atoms in total. The van der Waals surface area contributed by atoms with E-state index in [1.54, 1.807) is 0 Å². The number of alkyl halides is 2. The van der Waals surface area contributed by atoms with E-state index in [9.17, 15) is 22.0 Å². The molecule has 0 aromatic rings. The van der Waals surface area contributed by atoms with Crippen LogP contribution in [0.15, 0.2) is 0 Å². The Morgan fingerprint density at radius 2 is 1.68 bits per heavy atom. The summed E-state index contributed by atoms with van der Waals surface area (Å²) in [6.07, 6.45) is 3.16. The Balaban J connectivity index is 1.78. The molecular formula is C15H24F2O6SSi. The van der Waals surface area contributed by atoms with Crippen molar-refractivity contribution in [1.29, 1.82) is 0 Å². The molecule has 0 amide bonds. The minimum Gasteiger partial charge on any atom is -0.454 e. The maximum atomic E-state index is 13.6. The van der Waals surface area contributed by atoms with Crippen LogP contribution in [0.4, 0.5) is 8.78 Å². The molecule has 10 heteroatoms. The van der Waals surface area contributed by atoms with Crippen LogP contribution in [0.3, 0.4) is 0 Å². The summed E-state index contributed by atoms with van der Waals surface area (Å²) < 4.78 is 68.7. The lowest BCUT2D eigenvalue weighted by atomic mass is 9.53. The van der Waals surface area contributed by atoms with Gasteiger partial charge >= 0.3 is 21.3 Å². The van der Waals surface area contributed by atoms with Gasteiger partial charge in [-0.15, -0.1) is 0 Å². The molecule has 0 heterocycles. The lowest BCUT2D eigenvalue weighted by Crippen LogP contribution is -2.61. The van der Waals surface area contributed by atoms with E-state index in [4.69, 9.17) is 13.7 Å². The van der Waals surface area contributed by atoms with Crippen molar-refractivity contribution >= 4 is 24.4 Å². The van der Waals surface area contributed by atoms with Crippen LogP contribution in [-0.2, 0) is 24.1 Å². The number of hydrogen-bond donors (Lipinski definition) is 1. The molecule has 0 radical (unpaired) electrons. The summed E-state index contributed by atoms with van der Waals surface area (Å²) in [4.78, 5) is 11.8. The Bertz CT molecular complexity index is 658. The molecule has 144 valence electrons. The first-order valence-corrected chi connectivity index (χ1v) is 13.3. The second kappa shape index (κ2) is 5.70. The van der Waals surface area contributed by atoms with Crippen LogP contribution in [0.5, 0.6) is 0 Å². The normalized spacial score (nSPS) is 38.0. The van der Waals surface area contributed by atoms with Gasteiger partial charge in [-0.2, -0.15) is 17.2 Å². The molecule has 2 atom stereocenters. The number of rotatable bonds is 5. The zero-order valence-electron chi connectivity index (χ0n) is 14.5. The predicted octanol–water partition coefficient (Wildman–Crippen LogP) is 2.81. The van der Waals surface area contributed by atoms with Crippen LogP contribution in [0.1, 0.15) is 32.1 Å². The smallest absolute Gasteiger partial charge is 0.454 e. The molecule has 0 aliphatic heterocycles. The molecule has 4 aliphatic carbocycles. The van der Waals surface area contributed by atoms with Crippen molar-refractivity contribution in [3.8, 4) is 0 Å². The second-order valence-corrected chi connectivity index (χ2v) is 14.7. The molecule has 1 N–H and O–H groups in total. The average Bonchev–Trinajstić information content (AvgIpc) is 2.39. The highest BCUT2D eigenvalue weighted by atomic mass is 32.2. The van der Waals surface area contributed by atoms with Gasteiger partial charge in [0.25, 0.3) is 0 Å². The molecular weight excluding hydrogens is 374 g/mol. The van der Waals surface area contributed by atoms with Crippen LogP contribution in [-0.4, -0.2) is 44.2 Å².